The molecule has 4 nitrogen and oxygen atoms in total. The van der Waals surface area contributed by atoms with Gasteiger partial charge in [-0.05, 0) is 25.3 Å². The average Bonchev–Trinajstić information content (AvgIpc) is 2.51. The van der Waals surface area contributed by atoms with Gasteiger partial charge in [0.05, 0.1) is 13.2 Å². The Hall–Kier alpha value is -1.39. The molecule has 4 heteroatoms. The van der Waals surface area contributed by atoms with Crippen molar-refractivity contribution in [1.82, 2.24) is 4.90 Å². The van der Waals surface area contributed by atoms with E-state index in [1.165, 1.54) is 11.1 Å². The number of amides is 1. The first-order chi connectivity index (χ1) is 10.2. The van der Waals surface area contributed by atoms with Gasteiger partial charge < -0.3 is 14.4 Å². The van der Waals surface area contributed by atoms with E-state index in [0.717, 1.165) is 25.9 Å². The van der Waals surface area contributed by atoms with Gasteiger partial charge in [0.25, 0.3) is 0 Å². The van der Waals surface area contributed by atoms with Crippen molar-refractivity contribution in [3.8, 4) is 0 Å². The molecule has 0 bridgehead atoms. The molecule has 116 valence electrons. The van der Waals surface area contributed by atoms with Gasteiger partial charge in [-0.1, -0.05) is 29.8 Å². The third-order valence-corrected chi connectivity index (χ3v) is 3.94. The topological polar surface area (TPSA) is 38.8 Å². The largest absolute Gasteiger partial charge is 0.382 e. The third-order valence-electron chi connectivity index (χ3n) is 3.94. The summed E-state index contributed by atoms with van der Waals surface area (Å²) in [5.41, 5.74) is 2.62. The maximum absolute atomic E-state index is 12.2. The molecule has 1 atom stereocenters. The summed E-state index contributed by atoms with van der Waals surface area (Å²) in [4.78, 5) is 14.1. The Morgan fingerprint density at radius 1 is 1.38 bits per heavy atom. The molecule has 0 aromatic heterocycles. The third kappa shape index (κ3) is 4.83. The van der Waals surface area contributed by atoms with Crippen LogP contribution in [0.15, 0.2) is 24.3 Å². The quantitative estimate of drug-likeness (QED) is 0.755. The normalized spacial score (nSPS) is 18.8. The minimum atomic E-state index is 0.0865. The Kier molecular flexibility index (Phi) is 6.21. The molecule has 0 N–H and O–H groups in total. The summed E-state index contributed by atoms with van der Waals surface area (Å²) in [6.45, 7) is 4.91. The second-order valence-corrected chi connectivity index (χ2v) is 5.64. The van der Waals surface area contributed by atoms with Crippen LogP contribution in [0.3, 0.4) is 0 Å². The molecule has 1 heterocycles. The molecule has 1 aromatic carbocycles. The zero-order chi connectivity index (χ0) is 15.1. The Morgan fingerprint density at radius 2 is 2.24 bits per heavy atom. The van der Waals surface area contributed by atoms with Crippen LogP contribution in [-0.2, 0) is 14.3 Å². The second kappa shape index (κ2) is 8.15. The SMILES string of the molecule is COCCOCC(=O)N1CCC[C@@H](c2cccc(C)c2)C1. The first-order valence-corrected chi connectivity index (χ1v) is 7.61. The Balaban J connectivity index is 1.87. The van der Waals surface area contributed by atoms with Gasteiger partial charge in [0.2, 0.25) is 5.91 Å². The van der Waals surface area contributed by atoms with Crippen LogP contribution >= 0.6 is 0 Å². The van der Waals surface area contributed by atoms with Crippen molar-refractivity contribution in [2.75, 3.05) is 40.0 Å². The molecule has 2 rings (SSSR count). The van der Waals surface area contributed by atoms with Crippen molar-refractivity contribution in [1.29, 1.82) is 0 Å². The molecule has 1 aliphatic heterocycles. The standard InChI is InChI=1S/C17H25NO3/c1-14-5-3-6-15(11-14)16-7-4-8-18(12-16)17(19)13-21-10-9-20-2/h3,5-6,11,16H,4,7-10,12-13H2,1-2H3/t16-/m1/s1. The maximum atomic E-state index is 12.2. The molecule has 0 aliphatic carbocycles. The molecule has 21 heavy (non-hydrogen) atoms. The van der Waals surface area contributed by atoms with Gasteiger partial charge in [-0.2, -0.15) is 0 Å². The predicted octanol–water partition coefficient (Wildman–Crippen LogP) is 2.36. The minimum absolute atomic E-state index is 0.0865. The van der Waals surface area contributed by atoms with E-state index < -0.39 is 0 Å². The van der Waals surface area contributed by atoms with E-state index in [4.69, 9.17) is 9.47 Å². The smallest absolute Gasteiger partial charge is 0.248 e. The second-order valence-electron chi connectivity index (χ2n) is 5.64. The monoisotopic (exact) mass is 291 g/mol. The van der Waals surface area contributed by atoms with E-state index in [9.17, 15) is 4.79 Å². The molecule has 1 aliphatic rings. The number of methoxy groups -OCH3 is 1. The highest BCUT2D eigenvalue weighted by molar-refractivity contribution is 5.77. The molecular formula is C17H25NO3. The average molecular weight is 291 g/mol. The fraction of sp³-hybridized carbons (Fsp3) is 0.588. The van der Waals surface area contributed by atoms with Crippen LogP contribution in [0, 0.1) is 6.92 Å². The first kappa shape index (κ1) is 16.0. The number of benzene rings is 1. The van der Waals surface area contributed by atoms with Gasteiger partial charge in [-0.15, -0.1) is 0 Å². The molecular weight excluding hydrogens is 266 g/mol. The molecule has 1 saturated heterocycles. The molecule has 1 aromatic rings. The zero-order valence-corrected chi connectivity index (χ0v) is 13.0. The van der Waals surface area contributed by atoms with E-state index in [2.05, 4.69) is 31.2 Å². The number of carbonyl (C=O) groups is 1. The number of carbonyl (C=O) groups excluding carboxylic acids is 1. The highest BCUT2D eigenvalue weighted by atomic mass is 16.5. The molecule has 1 fully saturated rings. The van der Waals surface area contributed by atoms with Crippen molar-refractivity contribution in [2.45, 2.75) is 25.7 Å². The molecule has 0 unspecified atom stereocenters. The van der Waals surface area contributed by atoms with Crippen LogP contribution in [0.2, 0.25) is 0 Å². The number of piperidine rings is 1. The summed E-state index contributed by atoms with van der Waals surface area (Å²) in [7, 11) is 1.63. The van der Waals surface area contributed by atoms with E-state index >= 15 is 0 Å². The number of ether oxygens (including phenoxy) is 2. The van der Waals surface area contributed by atoms with Crippen LogP contribution in [0.5, 0.6) is 0 Å². The predicted molar refractivity (Wildman–Crippen MR) is 82.4 cm³/mol. The van der Waals surface area contributed by atoms with Gasteiger partial charge in [-0.25, -0.2) is 0 Å². The maximum Gasteiger partial charge on any atom is 0.248 e. The summed E-state index contributed by atoms with van der Waals surface area (Å²) in [6.07, 6.45) is 2.21. The van der Waals surface area contributed by atoms with Crippen LogP contribution in [0.25, 0.3) is 0 Å². The fourth-order valence-electron chi connectivity index (χ4n) is 2.79. The van der Waals surface area contributed by atoms with E-state index in [0.29, 0.717) is 19.1 Å². The van der Waals surface area contributed by atoms with Crippen molar-refractivity contribution in [3.05, 3.63) is 35.4 Å². The van der Waals surface area contributed by atoms with Crippen molar-refractivity contribution in [3.63, 3.8) is 0 Å². The number of hydrogen-bond donors (Lipinski definition) is 0. The number of hydrogen-bond acceptors (Lipinski definition) is 3. The Morgan fingerprint density at radius 3 is 3.00 bits per heavy atom. The zero-order valence-electron chi connectivity index (χ0n) is 13.0. The van der Waals surface area contributed by atoms with Gasteiger partial charge in [0.1, 0.15) is 6.61 Å². The highest BCUT2D eigenvalue weighted by Gasteiger charge is 2.24. The summed E-state index contributed by atoms with van der Waals surface area (Å²) in [5.74, 6) is 0.532. The van der Waals surface area contributed by atoms with Gasteiger partial charge >= 0.3 is 0 Å². The number of likely N-dealkylation sites (tertiary alicyclic amines) is 1. The lowest BCUT2D eigenvalue weighted by atomic mass is 9.90. The fourth-order valence-corrected chi connectivity index (χ4v) is 2.79. The summed E-state index contributed by atoms with van der Waals surface area (Å²) >= 11 is 0. The van der Waals surface area contributed by atoms with Gasteiger partial charge in [0.15, 0.2) is 0 Å². The van der Waals surface area contributed by atoms with Crippen LogP contribution in [0.1, 0.15) is 29.9 Å². The van der Waals surface area contributed by atoms with Crippen LogP contribution < -0.4 is 0 Å². The van der Waals surface area contributed by atoms with Crippen molar-refractivity contribution >= 4 is 5.91 Å². The van der Waals surface area contributed by atoms with Crippen LogP contribution in [-0.4, -0.2) is 50.8 Å². The minimum Gasteiger partial charge on any atom is -0.382 e. The lowest BCUT2D eigenvalue weighted by molar-refractivity contribution is -0.137. The summed E-state index contributed by atoms with van der Waals surface area (Å²) in [6, 6.07) is 8.60. The molecule has 0 saturated carbocycles. The van der Waals surface area contributed by atoms with Gasteiger partial charge in [0, 0.05) is 26.1 Å². The number of aryl methyl sites for hydroxylation is 1. The van der Waals surface area contributed by atoms with Crippen molar-refractivity contribution < 1.29 is 14.3 Å². The van der Waals surface area contributed by atoms with E-state index in [1.807, 2.05) is 4.90 Å². The summed E-state index contributed by atoms with van der Waals surface area (Å²) < 4.78 is 10.2. The lowest BCUT2D eigenvalue weighted by Crippen LogP contribution is -2.41. The molecule has 0 spiro atoms. The van der Waals surface area contributed by atoms with Crippen LogP contribution in [0.4, 0.5) is 0 Å². The lowest BCUT2D eigenvalue weighted by Gasteiger charge is -2.33. The Bertz CT molecular complexity index is 461. The number of rotatable bonds is 6. The Labute approximate surface area is 127 Å². The van der Waals surface area contributed by atoms with E-state index in [-0.39, 0.29) is 12.5 Å². The van der Waals surface area contributed by atoms with Crippen molar-refractivity contribution in [2.24, 2.45) is 0 Å². The first-order valence-electron chi connectivity index (χ1n) is 7.61. The van der Waals surface area contributed by atoms with Gasteiger partial charge in [-0.3, -0.25) is 4.79 Å². The van der Waals surface area contributed by atoms with E-state index in [1.54, 1.807) is 7.11 Å². The highest BCUT2D eigenvalue weighted by Crippen LogP contribution is 2.27. The molecule has 1 amide bonds. The molecule has 0 radical (unpaired) electrons. The summed E-state index contributed by atoms with van der Waals surface area (Å²) in [5, 5.41) is 0. The number of nitrogens with zero attached hydrogens (tertiary/aromatic N) is 1.